The summed E-state index contributed by atoms with van der Waals surface area (Å²) in [5.41, 5.74) is 0. The van der Waals surface area contributed by atoms with Crippen LogP contribution in [0.2, 0.25) is 0 Å². The van der Waals surface area contributed by atoms with E-state index in [0.717, 1.165) is 12.8 Å². The molecular formula is C11H19F3N2O3. The smallest absolute Gasteiger partial charge is 0.415 e. The second-order valence-electron chi connectivity index (χ2n) is 4.85. The van der Waals surface area contributed by atoms with Gasteiger partial charge in [0.25, 0.3) is 0 Å². The highest BCUT2D eigenvalue weighted by Crippen LogP contribution is 2.23. The molecule has 0 bridgehead atoms. The number of halogens is 3. The van der Waals surface area contributed by atoms with Gasteiger partial charge in [-0.05, 0) is 31.8 Å². The number of piperidine rings is 1. The van der Waals surface area contributed by atoms with Crippen LogP contribution in [0.25, 0.3) is 0 Å². The number of aliphatic carboxylic acids is 1. The molecule has 0 aromatic heterocycles. The van der Waals surface area contributed by atoms with Gasteiger partial charge in [0.15, 0.2) is 6.10 Å². The van der Waals surface area contributed by atoms with Gasteiger partial charge in [0.2, 0.25) is 0 Å². The Bertz CT molecular complexity index is 299. The molecule has 19 heavy (non-hydrogen) atoms. The lowest BCUT2D eigenvalue weighted by Crippen LogP contribution is -2.46. The van der Waals surface area contributed by atoms with Gasteiger partial charge in [-0.25, -0.2) is 0 Å². The maximum Gasteiger partial charge on any atom is 0.415 e. The van der Waals surface area contributed by atoms with Gasteiger partial charge < -0.3 is 20.4 Å². The molecule has 0 radical (unpaired) electrons. The number of hydrogen-bond donors (Lipinski definition) is 3. The number of likely N-dealkylation sites (tertiary alicyclic amines) is 1. The van der Waals surface area contributed by atoms with Crippen LogP contribution in [0.3, 0.4) is 0 Å². The summed E-state index contributed by atoms with van der Waals surface area (Å²) in [5, 5.41) is 20.2. The first-order valence-electron chi connectivity index (χ1n) is 6.18. The second kappa shape index (κ2) is 7.06. The van der Waals surface area contributed by atoms with Crippen molar-refractivity contribution in [3.8, 4) is 0 Å². The molecule has 0 amide bonds. The molecule has 0 aromatic carbocycles. The van der Waals surface area contributed by atoms with Gasteiger partial charge in [0.1, 0.15) is 0 Å². The van der Waals surface area contributed by atoms with Crippen molar-refractivity contribution in [2.45, 2.75) is 25.1 Å². The van der Waals surface area contributed by atoms with Crippen molar-refractivity contribution < 1.29 is 28.2 Å². The molecule has 1 aliphatic rings. The molecule has 1 fully saturated rings. The monoisotopic (exact) mass is 284 g/mol. The Kier molecular flexibility index (Phi) is 6.02. The molecule has 112 valence electrons. The average molecular weight is 284 g/mol. The lowest BCUT2D eigenvalue weighted by molar-refractivity contribution is -0.209. The number of carboxylic acid groups (broad SMARTS) is 1. The zero-order chi connectivity index (χ0) is 14.5. The van der Waals surface area contributed by atoms with Gasteiger partial charge in [0.05, 0.1) is 6.54 Å². The van der Waals surface area contributed by atoms with E-state index in [4.69, 9.17) is 10.2 Å². The zero-order valence-corrected chi connectivity index (χ0v) is 10.5. The van der Waals surface area contributed by atoms with E-state index in [2.05, 4.69) is 5.32 Å². The fourth-order valence-electron chi connectivity index (χ4n) is 2.22. The third-order valence-electron chi connectivity index (χ3n) is 3.12. The molecule has 2 unspecified atom stereocenters. The Morgan fingerprint density at radius 1 is 1.47 bits per heavy atom. The van der Waals surface area contributed by atoms with E-state index in [1.165, 1.54) is 0 Å². The van der Waals surface area contributed by atoms with E-state index in [1.54, 1.807) is 4.90 Å². The molecule has 1 rings (SSSR count). The Morgan fingerprint density at radius 2 is 2.16 bits per heavy atom. The topological polar surface area (TPSA) is 72.8 Å². The number of rotatable bonds is 6. The summed E-state index contributed by atoms with van der Waals surface area (Å²) in [6.07, 6.45) is -5.30. The van der Waals surface area contributed by atoms with Crippen LogP contribution in [-0.2, 0) is 4.79 Å². The quantitative estimate of drug-likeness (QED) is 0.654. The Balaban J connectivity index is 2.31. The van der Waals surface area contributed by atoms with Crippen LogP contribution in [0, 0.1) is 5.92 Å². The van der Waals surface area contributed by atoms with Crippen molar-refractivity contribution in [1.29, 1.82) is 0 Å². The van der Waals surface area contributed by atoms with E-state index in [-0.39, 0.29) is 12.5 Å². The number of nitrogens with one attached hydrogen (secondary N) is 1. The van der Waals surface area contributed by atoms with Gasteiger partial charge >= 0.3 is 12.1 Å². The van der Waals surface area contributed by atoms with E-state index >= 15 is 0 Å². The number of alkyl halides is 3. The normalized spacial score (nSPS) is 23.3. The average Bonchev–Trinajstić information content (AvgIpc) is 2.27. The molecule has 1 aliphatic heterocycles. The molecule has 1 saturated heterocycles. The first kappa shape index (κ1) is 16.2. The third kappa shape index (κ3) is 6.22. The highest BCUT2D eigenvalue weighted by atomic mass is 19.4. The van der Waals surface area contributed by atoms with E-state index in [9.17, 15) is 18.0 Å². The minimum atomic E-state index is -4.59. The minimum absolute atomic E-state index is 0.119. The largest absolute Gasteiger partial charge is 0.480 e. The molecule has 0 aromatic rings. The van der Waals surface area contributed by atoms with Crippen LogP contribution < -0.4 is 5.32 Å². The van der Waals surface area contributed by atoms with Crippen LogP contribution >= 0.6 is 0 Å². The van der Waals surface area contributed by atoms with Crippen molar-refractivity contribution in [1.82, 2.24) is 10.2 Å². The number of carbonyl (C=O) groups is 1. The number of carboxylic acids is 1. The molecular weight excluding hydrogens is 265 g/mol. The van der Waals surface area contributed by atoms with Crippen LogP contribution in [0.1, 0.15) is 12.8 Å². The maximum atomic E-state index is 12.2. The summed E-state index contributed by atoms with van der Waals surface area (Å²) >= 11 is 0. The molecule has 2 atom stereocenters. The number of β-amino-alcohol motifs (C(OH)–C–C–N with tert-alkyl or cyclic N) is 1. The molecule has 1 heterocycles. The summed E-state index contributed by atoms with van der Waals surface area (Å²) in [6, 6.07) is 0. The van der Waals surface area contributed by atoms with Crippen molar-refractivity contribution >= 4 is 5.97 Å². The van der Waals surface area contributed by atoms with Gasteiger partial charge in [-0.1, -0.05) is 0 Å². The third-order valence-corrected chi connectivity index (χ3v) is 3.12. The molecule has 5 nitrogen and oxygen atoms in total. The van der Waals surface area contributed by atoms with Gasteiger partial charge in [-0.3, -0.25) is 4.79 Å². The first-order valence-corrected chi connectivity index (χ1v) is 6.18. The summed E-state index contributed by atoms with van der Waals surface area (Å²) in [7, 11) is 0. The zero-order valence-electron chi connectivity index (χ0n) is 10.5. The van der Waals surface area contributed by atoms with E-state index in [1.807, 2.05) is 0 Å². The van der Waals surface area contributed by atoms with Crippen LogP contribution in [0.15, 0.2) is 0 Å². The lowest BCUT2D eigenvalue weighted by atomic mass is 9.97. The molecule has 3 N–H and O–H groups in total. The SMILES string of the molecule is O=C(O)CNCC1CCCN(CC(O)C(F)(F)F)C1. The Hall–Kier alpha value is -0.860. The lowest BCUT2D eigenvalue weighted by Gasteiger charge is -2.34. The highest BCUT2D eigenvalue weighted by molar-refractivity contribution is 5.68. The predicted molar refractivity (Wildman–Crippen MR) is 61.7 cm³/mol. The summed E-state index contributed by atoms with van der Waals surface area (Å²) in [4.78, 5) is 11.9. The van der Waals surface area contributed by atoms with E-state index < -0.39 is 24.8 Å². The highest BCUT2D eigenvalue weighted by Gasteiger charge is 2.39. The van der Waals surface area contributed by atoms with Gasteiger partial charge in [-0.2, -0.15) is 13.2 Å². The minimum Gasteiger partial charge on any atom is -0.480 e. The van der Waals surface area contributed by atoms with Crippen molar-refractivity contribution in [3.63, 3.8) is 0 Å². The Morgan fingerprint density at radius 3 is 2.74 bits per heavy atom. The number of aliphatic hydroxyl groups is 1. The summed E-state index contributed by atoms with van der Waals surface area (Å²) in [5.74, 6) is -0.839. The van der Waals surface area contributed by atoms with Crippen molar-refractivity contribution in [2.75, 3.05) is 32.7 Å². The Labute approximate surface area is 109 Å². The first-order chi connectivity index (χ1) is 8.79. The molecule has 0 spiro atoms. The standard InChI is InChI=1S/C11H19F3N2O3/c12-11(13,14)9(17)7-16-3-1-2-8(6-16)4-15-5-10(18)19/h8-9,15,17H,1-7H2,(H,18,19). The fourth-order valence-corrected chi connectivity index (χ4v) is 2.22. The van der Waals surface area contributed by atoms with Crippen LogP contribution in [-0.4, -0.2) is 66.1 Å². The molecule has 0 aliphatic carbocycles. The molecule has 8 heteroatoms. The number of aliphatic hydroxyl groups excluding tert-OH is 1. The van der Waals surface area contributed by atoms with Crippen LogP contribution in [0.5, 0.6) is 0 Å². The number of hydrogen-bond acceptors (Lipinski definition) is 4. The summed E-state index contributed by atoms with van der Waals surface area (Å²) in [6.45, 7) is 0.869. The van der Waals surface area contributed by atoms with E-state index in [0.29, 0.717) is 19.6 Å². The van der Waals surface area contributed by atoms with Crippen molar-refractivity contribution in [2.24, 2.45) is 5.92 Å². The van der Waals surface area contributed by atoms with Crippen molar-refractivity contribution in [3.05, 3.63) is 0 Å². The summed E-state index contributed by atoms with van der Waals surface area (Å²) < 4.78 is 36.7. The second-order valence-corrected chi connectivity index (χ2v) is 4.85. The predicted octanol–water partition coefficient (Wildman–Crippen LogP) is 0.296. The molecule has 0 saturated carbocycles. The van der Waals surface area contributed by atoms with Gasteiger partial charge in [0, 0.05) is 13.1 Å². The van der Waals surface area contributed by atoms with Gasteiger partial charge in [-0.15, -0.1) is 0 Å². The maximum absolute atomic E-state index is 12.2. The van der Waals surface area contributed by atoms with Crippen LogP contribution in [0.4, 0.5) is 13.2 Å². The fraction of sp³-hybridized carbons (Fsp3) is 0.909. The number of nitrogens with zero attached hydrogens (tertiary/aromatic N) is 1.